The second-order valence-corrected chi connectivity index (χ2v) is 8.96. The molecule has 1 aromatic carbocycles. The van der Waals surface area contributed by atoms with Gasteiger partial charge in [0.15, 0.2) is 0 Å². The van der Waals surface area contributed by atoms with E-state index in [1.807, 2.05) is 18.2 Å². The van der Waals surface area contributed by atoms with Crippen LogP contribution in [0.1, 0.15) is 43.2 Å². The highest BCUT2D eigenvalue weighted by Gasteiger charge is 2.28. The highest BCUT2D eigenvalue weighted by molar-refractivity contribution is 5.99. The van der Waals surface area contributed by atoms with Gasteiger partial charge in [-0.05, 0) is 43.2 Å². The number of hydrogen-bond acceptors (Lipinski definition) is 6. The lowest BCUT2D eigenvalue weighted by Crippen LogP contribution is -2.46. The Morgan fingerprint density at radius 3 is 2.71 bits per heavy atom. The fraction of sp³-hybridized carbons (Fsp3) is 0.500. The van der Waals surface area contributed by atoms with E-state index in [1.165, 1.54) is 0 Å². The molecule has 8 nitrogen and oxygen atoms in total. The number of likely N-dealkylation sites (N-methyl/N-ethyl adjacent to an activating group) is 1. The minimum Gasteiger partial charge on any atom is -0.491 e. The summed E-state index contributed by atoms with van der Waals surface area (Å²) in [5.74, 6) is 0.386. The van der Waals surface area contributed by atoms with Crippen LogP contribution >= 0.6 is 0 Å². The van der Waals surface area contributed by atoms with Crippen LogP contribution in [0.2, 0.25) is 0 Å². The topological polar surface area (TPSA) is 84.0 Å². The number of hydrogen-bond donors (Lipinski definition) is 1. The third-order valence-corrected chi connectivity index (χ3v) is 6.27. The molecule has 2 aromatic rings. The number of benzene rings is 1. The molecular formula is C26H36N4O4. The van der Waals surface area contributed by atoms with Gasteiger partial charge in [0, 0.05) is 58.1 Å². The monoisotopic (exact) mass is 468 g/mol. The van der Waals surface area contributed by atoms with Crippen LogP contribution in [-0.4, -0.2) is 72.6 Å². The summed E-state index contributed by atoms with van der Waals surface area (Å²) in [7, 11) is 3.45. The van der Waals surface area contributed by atoms with Crippen LogP contribution in [0.15, 0.2) is 42.6 Å². The van der Waals surface area contributed by atoms with Crippen LogP contribution < -0.4 is 10.1 Å². The summed E-state index contributed by atoms with van der Waals surface area (Å²) in [6.45, 7) is 8.35. The highest BCUT2D eigenvalue weighted by Crippen LogP contribution is 2.27. The van der Waals surface area contributed by atoms with E-state index in [0.717, 1.165) is 12.2 Å². The molecule has 0 bridgehead atoms. The first-order valence-corrected chi connectivity index (χ1v) is 11.8. The largest absolute Gasteiger partial charge is 0.491 e. The van der Waals surface area contributed by atoms with E-state index in [2.05, 4.69) is 29.0 Å². The number of fused-ring (bicyclic) bond motifs is 1. The number of anilines is 1. The van der Waals surface area contributed by atoms with Gasteiger partial charge in [0.05, 0.1) is 17.4 Å². The summed E-state index contributed by atoms with van der Waals surface area (Å²) in [5, 5.41) is 2.83. The van der Waals surface area contributed by atoms with Gasteiger partial charge in [-0.1, -0.05) is 19.9 Å². The van der Waals surface area contributed by atoms with Crippen LogP contribution in [0, 0.1) is 5.92 Å². The minimum atomic E-state index is -0.171. The lowest BCUT2D eigenvalue weighted by Gasteiger charge is -2.35. The van der Waals surface area contributed by atoms with Crippen LogP contribution in [-0.2, 0) is 16.1 Å². The summed E-state index contributed by atoms with van der Waals surface area (Å²) < 4.78 is 12.0. The zero-order valence-corrected chi connectivity index (χ0v) is 20.8. The molecule has 3 rings (SSSR count). The molecule has 0 spiro atoms. The number of ether oxygens (including phenoxy) is 2. The van der Waals surface area contributed by atoms with E-state index in [1.54, 1.807) is 50.4 Å². The first-order valence-electron chi connectivity index (χ1n) is 11.8. The van der Waals surface area contributed by atoms with Crippen molar-refractivity contribution in [3.63, 3.8) is 0 Å². The van der Waals surface area contributed by atoms with Crippen molar-refractivity contribution in [3.8, 4) is 5.75 Å². The molecule has 2 amide bonds. The van der Waals surface area contributed by atoms with Gasteiger partial charge in [0.25, 0.3) is 5.91 Å². The zero-order chi connectivity index (χ0) is 24.7. The first kappa shape index (κ1) is 25.6. The maximum absolute atomic E-state index is 13.4. The number of nitrogens with zero attached hydrogens (tertiary/aromatic N) is 3. The van der Waals surface area contributed by atoms with Crippen LogP contribution in [0.5, 0.6) is 5.75 Å². The molecule has 1 aliphatic rings. The predicted octanol–water partition coefficient (Wildman–Crippen LogP) is 3.44. The molecule has 0 fully saturated rings. The van der Waals surface area contributed by atoms with Gasteiger partial charge in [-0.3, -0.25) is 19.5 Å². The Hall–Kier alpha value is -2.97. The maximum atomic E-state index is 13.4. The number of carbonyl (C=O) groups is 2. The number of aromatic nitrogens is 1. The molecule has 34 heavy (non-hydrogen) atoms. The molecular weight excluding hydrogens is 432 g/mol. The van der Waals surface area contributed by atoms with Gasteiger partial charge in [0.1, 0.15) is 12.4 Å². The molecule has 0 radical (unpaired) electrons. The Morgan fingerprint density at radius 2 is 2.03 bits per heavy atom. The SMILES string of the molecule is CCC(=O)Nc1ccc2c(c1)C(=O)N(C)C[C@H](OC)[C@@H](C)CN(Cc1ccccn1)[C@@H](C)CO2. The van der Waals surface area contributed by atoms with Gasteiger partial charge < -0.3 is 19.7 Å². The molecule has 0 aliphatic carbocycles. The molecule has 1 aromatic heterocycles. The summed E-state index contributed by atoms with van der Waals surface area (Å²) in [6, 6.07) is 11.2. The molecule has 0 unspecified atom stereocenters. The normalized spacial score (nSPS) is 22.2. The number of carbonyl (C=O) groups excluding carboxylic acids is 2. The highest BCUT2D eigenvalue weighted by atomic mass is 16.5. The molecule has 2 heterocycles. The summed E-state index contributed by atoms with van der Waals surface area (Å²) in [4.78, 5) is 33.8. The van der Waals surface area contributed by atoms with Gasteiger partial charge in [0.2, 0.25) is 5.91 Å². The summed E-state index contributed by atoms with van der Waals surface area (Å²) >= 11 is 0. The van der Waals surface area contributed by atoms with Crippen LogP contribution in [0.3, 0.4) is 0 Å². The van der Waals surface area contributed by atoms with Crippen molar-refractivity contribution in [3.05, 3.63) is 53.9 Å². The van der Waals surface area contributed by atoms with E-state index < -0.39 is 0 Å². The van der Waals surface area contributed by atoms with Gasteiger partial charge >= 0.3 is 0 Å². The van der Waals surface area contributed by atoms with E-state index in [9.17, 15) is 9.59 Å². The van der Waals surface area contributed by atoms with Crippen LogP contribution in [0.25, 0.3) is 0 Å². The number of methoxy groups -OCH3 is 1. The molecule has 184 valence electrons. The summed E-state index contributed by atoms with van der Waals surface area (Å²) in [5.41, 5.74) is 1.99. The van der Waals surface area contributed by atoms with E-state index in [4.69, 9.17) is 9.47 Å². The second-order valence-electron chi connectivity index (χ2n) is 8.96. The van der Waals surface area contributed by atoms with Crippen molar-refractivity contribution < 1.29 is 19.1 Å². The third-order valence-electron chi connectivity index (χ3n) is 6.27. The van der Waals surface area contributed by atoms with Crippen molar-refractivity contribution in [2.75, 3.05) is 39.2 Å². The first-order chi connectivity index (χ1) is 16.3. The Balaban J connectivity index is 1.93. The van der Waals surface area contributed by atoms with Gasteiger partial charge in [-0.2, -0.15) is 0 Å². The molecule has 8 heteroatoms. The van der Waals surface area contributed by atoms with Crippen molar-refractivity contribution in [2.24, 2.45) is 5.92 Å². The average molecular weight is 469 g/mol. The number of pyridine rings is 1. The average Bonchev–Trinajstić information content (AvgIpc) is 2.85. The molecule has 0 saturated carbocycles. The molecule has 1 aliphatic heterocycles. The number of rotatable bonds is 5. The van der Waals surface area contributed by atoms with E-state index in [-0.39, 0.29) is 29.9 Å². The molecule has 1 N–H and O–H groups in total. The van der Waals surface area contributed by atoms with Crippen LogP contribution in [0.4, 0.5) is 5.69 Å². The minimum absolute atomic E-state index is 0.0709. The van der Waals surface area contributed by atoms with E-state index in [0.29, 0.717) is 43.1 Å². The van der Waals surface area contributed by atoms with Crippen molar-refractivity contribution >= 4 is 17.5 Å². The second kappa shape index (κ2) is 11.9. The lowest BCUT2D eigenvalue weighted by molar-refractivity contribution is -0.115. The Labute approximate surface area is 202 Å². The Morgan fingerprint density at radius 1 is 1.24 bits per heavy atom. The summed E-state index contributed by atoms with van der Waals surface area (Å²) in [6.07, 6.45) is 2.03. The zero-order valence-electron chi connectivity index (χ0n) is 20.8. The predicted molar refractivity (Wildman–Crippen MR) is 132 cm³/mol. The molecule has 0 saturated heterocycles. The quantitative estimate of drug-likeness (QED) is 0.724. The van der Waals surface area contributed by atoms with Crippen molar-refractivity contribution in [1.29, 1.82) is 0 Å². The smallest absolute Gasteiger partial charge is 0.257 e. The van der Waals surface area contributed by atoms with Crippen molar-refractivity contribution in [2.45, 2.75) is 45.9 Å². The third kappa shape index (κ3) is 6.55. The standard InChI is InChI=1S/C26H36N4O4/c1-6-25(31)28-20-10-11-23-22(13-20)26(32)29(4)16-24(33-5)18(2)14-30(19(3)17-34-23)15-21-9-7-8-12-27-21/h7-13,18-19,24H,6,14-17H2,1-5H3,(H,28,31)/t18-,19-,24-/m0/s1. The van der Waals surface area contributed by atoms with Crippen molar-refractivity contribution in [1.82, 2.24) is 14.8 Å². The Bertz CT molecular complexity index is 969. The fourth-order valence-electron chi connectivity index (χ4n) is 4.10. The lowest BCUT2D eigenvalue weighted by atomic mass is 10.0. The van der Waals surface area contributed by atoms with Gasteiger partial charge in [-0.25, -0.2) is 0 Å². The number of nitrogens with one attached hydrogen (secondary N) is 1. The number of amides is 2. The maximum Gasteiger partial charge on any atom is 0.257 e. The molecule has 3 atom stereocenters. The van der Waals surface area contributed by atoms with Gasteiger partial charge in [-0.15, -0.1) is 0 Å². The fourth-order valence-corrected chi connectivity index (χ4v) is 4.10. The Kier molecular flexibility index (Phi) is 9.01. The van der Waals surface area contributed by atoms with E-state index >= 15 is 0 Å².